The van der Waals surface area contributed by atoms with E-state index in [0.717, 1.165) is 40.2 Å². The summed E-state index contributed by atoms with van der Waals surface area (Å²) in [4.78, 5) is 14.1. The summed E-state index contributed by atoms with van der Waals surface area (Å²) in [6.45, 7) is 4.50. The van der Waals surface area contributed by atoms with Crippen molar-refractivity contribution in [2.75, 3.05) is 12.3 Å². The van der Waals surface area contributed by atoms with Gasteiger partial charge in [0.2, 0.25) is 0 Å². The van der Waals surface area contributed by atoms with E-state index in [1.807, 2.05) is 32.0 Å². The van der Waals surface area contributed by atoms with Crippen LogP contribution in [0.25, 0.3) is 11.3 Å². The second-order valence-corrected chi connectivity index (χ2v) is 9.08. The number of aliphatic imine (C=N–C) groups is 1. The summed E-state index contributed by atoms with van der Waals surface area (Å²) in [6, 6.07) is 10.5. The van der Waals surface area contributed by atoms with Crippen LogP contribution in [0.4, 0.5) is 10.2 Å². The molecule has 34 heavy (non-hydrogen) atoms. The number of nitrogens with two attached hydrogens (primary N) is 2. The standard InChI is InChI=1S/C27H28FN5O/c1-15(29)22-10-18-4-3-9-31-25(18)21-8-7-20(28)12-23(21)16(2)34-24-11-19(14-33-27(24)30)26(22)32-13-17-5-6-17/h3-4,7-9,11-12,14,16-17H,5-6,10,13,29H2,1-2H3,(H2,30,33)/t16-/m1/s1. The molecule has 1 aliphatic heterocycles. The molecule has 3 aromatic rings. The molecule has 6 nitrogen and oxygen atoms in total. The molecule has 5 rings (SSSR count). The van der Waals surface area contributed by atoms with E-state index in [4.69, 9.17) is 21.2 Å². The molecule has 1 aliphatic carbocycles. The van der Waals surface area contributed by atoms with Crippen molar-refractivity contribution in [1.29, 1.82) is 0 Å². The minimum Gasteiger partial charge on any atom is -0.482 e. The van der Waals surface area contributed by atoms with Crippen molar-refractivity contribution >= 4 is 11.5 Å². The summed E-state index contributed by atoms with van der Waals surface area (Å²) < 4.78 is 20.6. The quantitative estimate of drug-likeness (QED) is 0.565. The summed E-state index contributed by atoms with van der Waals surface area (Å²) in [6.07, 6.45) is 5.89. The Bertz CT molecular complexity index is 1310. The zero-order chi connectivity index (χ0) is 23.8. The van der Waals surface area contributed by atoms with Crippen LogP contribution >= 0.6 is 0 Å². The molecular weight excluding hydrogens is 429 g/mol. The van der Waals surface area contributed by atoms with Crippen molar-refractivity contribution in [3.63, 3.8) is 0 Å². The van der Waals surface area contributed by atoms with E-state index in [-0.39, 0.29) is 11.6 Å². The van der Waals surface area contributed by atoms with Crippen LogP contribution in [0.3, 0.4) is 0 Å². The molecule has 2 bridgehead atoms. The number of hydrogen-bond donors (Lipinski definition) is 2. The fraction of sp³-hybridized carbons (Fsp3) is 0.296. The Morgan fingerprint density at radius 2 is 2.03 bits per heavy atom. The molecule has 7 heteroatoms. The third-order valence-corrected chi connectivity index (χ3v) is 6.39. The van der Waals surface area contributed by atoms with Gasteiger partial charge in [-0.05, 0) is 68.5 Å². The average molecular weight is 458 g/mol. The van der Waals surface area contributed by atoms with Crippen LogP contribution in [0.5, 0.6) is 5.75 Å². The highest BCUT2D eigenvalue weighted by Crippen LogP contribution is 2.36. The summed E-state index contributed by atoms with van der Waals surface area (Å²) in [5.41, 5.74) is 19.0. The first-order chi connectivity index (χ1) is 16.4. The van der Waals surface area contributed by atoms with Crippen molar-refractivity contribution < 1.29 is 9.13 Å². The number of rotatable bonds is 2. The van der Waals surface area contributed by atoms with Gasteiger partial charge >= 0.3 is 0 Å². The van der Waals surface area contributed by atoms with Crippen molar-refractivity contribution in [2.24, 2.45) is 16.6 Å². The van der Waals surface area contributed by atoms with E-state index >= 15 is 0 Å². The lowest BCUT2D eigenvalue weighted by Gasteiger charge is -2.23. The Hall–Kier alpha value is -3.74. The summed E-state index contributed by atoms with van der Waals surface area (Å²) in [5.74, 6) is 0.962. The Kier molecular flexibility index (Phi) is 5.77. The number of hydrogen-bond acceptors (Lipinski definition) is 6. The number of fused-ring (bicyclic) bond motifs is 5. The van der Waals surface area contributed by atoms with E-state index in [9.17, 15) is 4.39 Å². The maximum absolute atomic E-state index is 14.3. The van der Waals surface area contributed by atoms with Crippen molar-refractivity contribution in [3.8, 4) is 17.0 Å². The molecule has 4 N–H and O–H groups in total. The highest BCUT2D eigenvalue weighted by atomic mass is 19.1. The smallest absolute Gasteiger partial charge is 0.166 e. The Balaban J connectivity index is 1.76. The normalized spacial score (nSPS) is 20.4. The minimum atomic E-state index is -0.488. The van der Waals surface area contributed by atoms with Gasteiger partial charge in [0, 0.05) is 53.3 Å². The van der Waals surface area contributed by atoms with Gasteiger partial charge in [-0.15, -0.1) is 0 Å². The van der Waals surface area contributed by atoms with E-state index in [0.29, 0.717) is 29.3 Å². The molecule has 174 valence electrons. The SMILES string of the molecule is CC(N)=C1Cc2cccnc2-c2ccc(F)cc2[C@@H](C)Oc2cc(cnc2N)C1=NCC1CC1. The van der Waals surface area contributed by atoms with Gasteiger partial charge in [-0.3, -0.25) is 9.98 Å². The van der Waals surface area contributed by atoms with Gasteiger partial charge in [-0.1, -0.05) is 6.07 Å². The highest BCUT2D eigenvalue weighted by molar-refractivity contribution is 6.13. The van der Waals surface area contributed by atoms with Gasteiger partial charge in [0.1, 0.15) is 11.9 Å². The van der Waals surface area contributed by atoms with E-state index in [1.165, 1.54) is 25.0 Å². The third kappa shape index (κ3) is 4.38. The molecule has 3 heterocycles. The largest absolute Gasteiger partial charge is 0.482 e. The van der Waals surface area contributed by atoms with Crippen LogP contribution in [-0.2, 0) is 6.42 Å². The number of benzene rings is 1. The molecule has 0 saturated heterocycles. The first kappa shape index (κ1) is 22.1. The molecule has 2 aromatic heterocycles. The van der Waals surface area contributed by atoms with Crippen LogP contribution in [0, 0.1) is 11.7 Å². The second-order valence-electron chi connectivity index (χ2n) is 9.08. The fourth-order valence-corrected chi connectivity index (χ4v) is 4.32. The number of anilines is 1. The van der Waals surface area contributed by atoms with Gasteiger partial charge in [0.15, 0.2) is 11.6 Å². The zero-order valence-electron chi connectivity index (χ0n) is 19.4. The first-order valence-electron chi connectivity index (χ1n) is 11.6. The van der Waals surface area contributed by atoms with Crippen LogP contribution in [0.1, 0.15) is 49.5 Å². The van der Waals surface area contributed by atoms with Gasteiger partial charge < -0.3 is 16.2 Å². The minimum absolute atomic E-state index is 0.265. The van der Waals surface area contributed by atoms with Crippen LogP contribution in [0.2, 0.25) is 0 Å². The Labute approximate surface area is 198 Å². The summed E-state index contributed by atoms with van der Waals surface area (Å²) in [5, 5.41) is 0. The van der Waals surface area contributed by atoms with Crippen LogP contribution in [0.15, 0.2) is 65.1 Å². The monoisotopic (exact) mass is 457 g/mol. The van der Waals surface area contributed by atoms with Gasteiger partial charge in [-0.25, -0.2) is 9.37 Å². The van der Waals surface area contributed by atoms with Gasteiger partial charge in [0.25, 0.3) is 0 Å². The average Bonchev–Trinajstić information content (AvgIpc) is 3.64. The second kappa shape index (κ2) is 8.89. The van der Waals surface area contributed by atoms with Gasteiger partial charge in [-0.2, -0.15) is 0 Å². The maximum Gasteiger partial charge on any atom is 0.166 e. The topological polar surface area (TPSA) is 99.4 Å². The molecule has 0 amide bonds. The number of aromatic nitrogens is 2. The first-order valence-corrected chi connectivity index (χ1v) is 11.6. The summed E-state index contributed by atoms with van der Waals surface area (Å²) >= 11 is 0. The molecule has 1 aromatic carbocycles. The lowest BCUT2D eigenvalue weighted by atomic mass is 9.90. The molecule has 1 fully saturated rings. The molecule has 0 spiro atoms. The lowest BCUT2D eigenvalue weighted by Crippen LogP contribution is -2.17. The fourth-order valence-electron chi connectivity index (χ4n) is 4.32. The molecule has 1 saturated carbocycles. The molecule has 1 atom stereocenters. The predicted octanol–water partition coefficient (Wildman–Crippen LogP) is 4.99. The molecule has 0 unspecified atom stereocenters. The predicted molar refractivity (Wildman–Crippen MR) is 132 cm³/mol. The zero-order valence-corrected chi connectivity index (χ0v) is 19.4. The van der Waals surface area contributed by atoms with Crippen LogP contribution < -0.4 is 16.2 Å². The highest BCUT2D eigenvalue weighted by Gasteiger charge is 2.25. The number of nitrogen functional groups attached to an aromatic ring is 1. The Morgan fingerprint density at radius 1 is 1.21 bits per heavy atom. The summed E-state index contributed by atoms with van der Waals surface area (Å²) in [7, 11) is 0. The van der Waals surface area contributed by atoms with Gasteiger partial charge in [0.05, 0.1) is 11.4 Å². The third-order valence-electron chi connectivity index (χ3n) is 6.39. The van der Waals surface area contributed by atoms with Crippen molar-refractivity contribution in [1.82, 2.24) is 9.97 Å². The molecule has 2 aliphatic rings. The number of allylic oxidation sites excluding steroid dienone is 2. The molecule has 0 radical (unpaired) electrons. The number of nitrogens with zero attached hydrogens (tertiary/aromatic N) is 3. The lowest BCUT2D eigenvalue weighted by molar-refractivity contribution is 0.227. The number of ether oxygens (including phenoxy) is 1. The van der Waals surface area contributed by atoms with Crippen molar-refractivity contribution in [2.45, 2.75) is 39.2 Å². The van der Waals surface area contributed by atoms with E-state index in [1.54, 1.807) is 18.5 Å². The Morgan fingerprint density at radius 3 is 2.79 bits per heavy atom. The number of pyridine rings is 2. The van der Waals surface area contributed by atoms with E-state index < -0.39 is 6.10 Å². The number of halogens is 1. The maximum atomic E-state index is 14.3. The molecular formula is C27H28FN5O. The van der Waals surface area contributed by atoms with Crippen molar-refractivity contribution in [3.05, 3.63) is 82.6 Å². The van der Waals surface area contributed by atoms with Crippen LogP contribution in [-0.4, -0.2) is 22.2 Å². The van der Waals surface area contributed by atoms with E-state index in [2.05, 4.69) is 9.97 Å².